The Labute approximate surface area is 78.9 Å². The van der Waals surface area contributed by atoms with Crippen LogP contribution in [0.2, 0.25) is 0 Å². The van der Waals surface area contributed by atoms with Crippen molar-refractivity contribution >= 4 is 6.08 Å². The number of rotatable bonds is 2. The Bertz CT molecular complexity index is 379. The van der Waals surface area contributed by atoms with Crippen molar-refractivity contribution in [3.05, 3.63) is 59.9 Å². The maximum atomic E-state index is 3.57. The summed E-state index contributed by atoms with van der Waals surface area (Å²) in [4.78, 5) is 0. The van der Waals surface area contributed by atoms with E-state index in [1.807, 2.05) is 6.08 Å². The van der Waals surface area contributed by atoms with Crippen molar-refractivity contribution < 1.29 is 0 Å². The zero-order valence-corrected chi connectivity index (χ0v) is 7.53. The molecule has 0 amide bonds. The van der Waals surface area contributed by atoms with Crippen LogP contribution in [-0.4, -0.2) is 0 Å². The fraction of sp³-hybridized carbons (Fsp3) is 0.154. The molecule has 2 rings (SSSR count). The lowest BCUT2D eigenvalue weighted by atomic mass is 9.98. The summed E-state index contributed by atoms with van der Waals surface area (Å²) in [6.07, 6.45) is 7.45. The first-order valence-electron chi connectivity index (χ1n) is 4.53. The molecule has 13 heavy (non-hydrogen) atoms. The minimum atomic E-state index is 0.533. The molecule has 0 radical (unpaired) electrons. The van der Waals surface area contributed by atoms with Crippen LogP contribution in [0.15, 0.2) is 48.7 Å². The molecule has 0 saturated heterocycles. The highest BCUT2D eigenvalue weighted by atomic mass is 14.2. The number of hydrogen-bond donors (Lipinski definition) is 0. The molecule has 1 atom stereocenters. The first kappa shape index (κ1) is 8.10. The summed E-state index contributed by atoms with van der Waals surface area (Å²) in [5.74, 6) is 0.533. The number of hydrogen-bond acceptors (Lipinski definition) is 0. The van der Waals surface area contributed by atoms with Gasteiger partial charge in [-0.25, -0.2) is 0 Å². The predicted molar refractivity (Wildman–Crippen MR) is 56.5 cm³/mol. The van der Waals surface area contributed by atoms with E-state index < -0.39 is 0 Å². The first-order chi connectivity index (χ1) is 6.42. The lowest BCUT2D eigenvalue weighted by Gasteiger charge is -2.06. The van der Waals surface area contributed by atoms with Crippen molar-refractivity contribution in [1.82, 2.24) is 0 Å². The summed E-state index contributed by atoms with van der Waals surface area (Å²) >= 11 is 0. The molecule has 1 aliphatic rings. The fourth-order valence-electron chi connectivity index (χ4n) is 1.74. The lowest BCUT2D eigenvalue weighted by molar-refractivity contribution is 0.881. The van der Waals surface area contributed by atoms with Crippen LogP contribution in [0.25, 0.3) is 6.08 Å². The molecule has 0 N–H and O–H groups in total. The summed E-state index contributed by atoms with van der Waals surface area (Å²) in [6, 6.07) is 8.52. The van der Waals surface area contributed by atoms with Crippen molar-refractivity contribution in [2.45, 2.75) is 12.3 Å². The van der Waals surface area contributed by atoms with Crippen molar-refractivity contribution in [3.8, 4) is 0 Å². The molecular formula is C13H12. The normalized spacial score (nSPS) is 18.0. The van der Waals surface area contributed by atoms with E-state index in [1.54, 1.807) is 0 Å². The highest BCUT2D eigenvalue weighted by molar-refractivity contribution is 5.62. The molecule has 0 heterocycles. The molecule has 0 bridgehead atoms. The van der Waals surface area contributed by atoms with Crippen LogP contribution in [0.5, 0.6) is 0 Å². The quantitative estimate of drug-likeness (QED) is 0.592. The molecule has 0 heteroatoms. The molecule has 0 aromatic heterocycles. The van der Waals surface area contributed by atoms with E-state index in [0.717, 1.165) is 6.42 Å². The molecule has 0 saturated carbocycles. The highest BCUT2D eigenvalue weighted by Crippen LogP contribution is 2.32. The predicted octanol–water partition coefficient (Wildman–Crippen LogP) is 3.53. The number of fused-ring (bicyclic) bond motifs is 1. The minimum Gasteiger partial charge on any atom is -0.133 e. The van der Waals surface area contributed by atoms with E-state index in [4.69, 9.17) is 0 Å². The van der Waals surface area contributed by atoms with Gasteiger partial charge in [0, 0.05) is 5.92 Å². The molecular weight excluding hydrogens is 156 g/mol. The first-order valence-corrected chi connectivity index (χ1v) is 4.53. The molecule has 0 aliphatic heterocycles. The maximum absolute atomic E-state index is 3.57. The Morgan fingerprint density at radius 1 is 1.38 bits per heavy atom. The Hall–Kier alpha value is -1.52. The molecule has 1 unspecified atom stereocenters. The van der Waals surface area contributed by atoms with Gasteiger partial charge in [-0.2, -0.15) is 0 Å². The van der Waals surface area contributed by atoms with Gasteiger partial charge in [-0.3, -0.25) is 0 Å². The third-order valence-corrected chi connectivity index (χ3v) is 2.42. The van der Waals surface area contributed by atoms with Gasteiger partial charge in [0.05, 0.1) is 0 Å². The Morgan fingerprint density at radius 3 is 3.08 bits per heavy atom. The average molecular weight is 168 g/mol. The zero-order chi connectivity index (χ0) is 9.10. The highest BCUT2D eigenvalue weighted by Gasteiger charge is 2.14. The maximum Gasteiger partial charge on any atom is 0.00678 e. The summed E-state index contributed by atoms with van der Waals surface area (Å²) in [6.45, 7) is 3.57. The van der Waals surface area contributed by atoms with Crippen molar-refractivity contribution in [1.29, 1.82) is 0 Å². The molecule has 0 nitrogen and oxygen atoms in total. The van der Waals surface area contributed by atoms with Gasteiger partial charge in [0.15, 0.2) is 0 Å². The second-order valence-electron chi connectivity index (χ2n) is 3.24. The van der Waals surface area contributed by atoms with Gasteiger partial charge < -0.3 is 0 Å². The average Bonchev–Trinajstić information content (AvgIpc) is 2.58. The van der Waals surface area contributed by atoms with Crippen LogP contribution in [0, 0.1) is 0 Å². The van der Waals surface area contributed by atoms with E-state index in [9.17, 15) is 0 Å². The van der Waals surface area contributed by atoms with Gasteiger partial charge in [-0.05, 0) is 23.6 Å². The summed E-state index contributed by atoms with van der Waals surface area (Å²) in [5, 5.41) is 0. The second-order valence-corrected chi connectivity index (χ2v) is 3.24. The molecule has 1 aromatic carbocycles. The zero-order valence-electron chi connectivity index (χ0n) is 7.53. The minimum absolute atomic E-state index is 0.533. The van der Waals surface area contributed by atoms with E-state index >= 15 is 0 Å². The number of benzene rings is 1. The third-order valence-electron chi connectivity index (χ3n) is 2.42. The van der Waals surface area contributed by atoms with E-state index in [0.29, 0.717) is 5.92 Å². The SMILES string of the molecule is C=C=CCC1C=Cc2ccccc21. The summed E-state index contributed by atoms with van der Waals surface area (Å²) in [5.41, 5.74) is 5.59. The van der Waals surface area contributed by atoms with Crippen LogP contribution in [0.1, 0.15) is 23.5 Å². The largest absolute Gasteiger partial charge is 0.133 e. The molecule has 0 spiro atoms. The Morgan fingerprint density at radius 2 is 2.23 bits per heavy atom. The van der Waals surface area contributed by atoms with Crippen molar-refractivity contribution in [2.75, 3.05) is 0 Å². The summed E-state index contributed by atoms with van der Waals surface area (Å²) < 4.78 is 0. The van der Waals surface area contributed by atoms with Crippen LogP contribution >= 0.6 is 0 Å². The van der Waals surface area contributed by atoms with Crippen LogP contribution < -0.4 is 0 Å². The van der Waals surface area contributed by atoms with E-state index in [2.05, 4.69) is 48.7 Å². The third kappa shape index (κ3) is 1.49. The fourth-order valence-corrected chi connectivity index (χ4v) is 1.74. The van der Waals surface area contributed by atoms with Gasteiger partial charge in [0.2, 0.25) is 0 Å². The van der Waals surface area contributed by atoms with Gasteiger partial charge in [-0.1, -0.05) is 43.0 Å². The van der Waals surface area contributed by atoms with Gasteiger partial charge in [-0.15, -0.1) is 5.73 Å². The standard InChI is InChI=1S/C13H12/c1-2-3-6-11-9-10-12-7-4-5-8-13(11)12/h3-5,7-11H,1,6H2. The topological polar surface area (TPSA) is 0 Å². The van der Waals surface area contributed by atoms with Gasteiger partial charge in [0.1, 0.15) is 0 Å². The van der Waals surface area contributed by atoms with Gasteiger partial charge >= 0.3 is 0 Å². The van der Waals surface area contributed by atoms with Crippen LogP contribution in [0.4, 0.5) is 0 Å². The second kappa shape index (κ2) is 3.47. The van der Waals surface area contributed by atoms with E-state index in [-0.39, 0.29) is 0 Å². The van der Waals surface area contributed by atoms with Crippen molar-refractivity contribution in [3.63, 3.8) is 0 Å². The monoisotopic (exact) mass is 168 g/mol. The molecule has 0 fully saturated rings. The molecule has 1 aliphatic carbocycles. The van der Waals surface area contributed by atoms with Crippen LogP contribution in [0.3, 0.4) is 0 Å². The Kier molecular flexibility index (Phi) is 2.16. The molecule has 1 aromatic rings. The lowest BCUT2D eigenvalue weighted by Crippen LogP contribution is -1.90. The van der Waals surface area contributed by atoms with Crippen molar-refractivity contribution in [2.24, 2.45) is 0 Å². The van der Waals surface area contributed by atoms with Gasteiger partial charge in [0.25, 0.3) is 0 Å². The van der Waals surface area contributed by atoms with Crippen LogP contribution in [-0.2, 0) is 0 Å². The van der Waals surface area contributed by atoms with E-state index in [1.165, 1.54) is 11.1 Å². The summed E-state index contributed by atoms with van der Waals surface area (Å²) in [7, 11) is 0. The molecule has 64 valence electrons. The Balaban J connectivity index is 2.28. The number of allylic oxidation sites excluding steroid dienone is 2. The smallest absolute Gasteiger partial charge is 0.00678 e.